The van der Waals surface area contributed by atoms with Gasteiger partial charge in [-0.1, -0.05) is 24.3 Å². The maximum absolute atomic E-state index is 6.03. The summed E-state index contributed by atoms with van der Waals surface area (Å²) in [5.41, 5.74) is 3.29. The van der Waals surface area contributed by atoms with Crippen molar-refractivity contribution < 1.29 is 9.47 Å². The van der Waals surface area contributed by atoms with Gasteiger partial charge in [0.2, 0.25) is 0 Å². The van der Waals surface area contributed by atoms with Crippen LogP contribution < -0.4 is 9.64 Å². The molecule has 0 radical (unpaired) electrons. The van der Waals surface area contributed by atoms with Crippen LogP contribution in [0.15, 0.2) is 71.5 Å². The summed E-state index contributed by atoms with van der Waals surface area (Å²) < 4.78 is 14.7. The minimum Gasteiger partial charge on any atom is -0.495 e. The van der Waals surface area contributed by atoms with Crippen molar-refractivity contribution >= 4 is 21.6 Å². The summed E-state index contributed by atoms with van der Waals surface area (Å²) in [7, 11) is 1.70. The second-order valence-corrected chi connectivity index (χ2v) is 6.75. The fraction of sp³-hybridized carbons (Fsp3) is 0.200. The molecule has 2 aromatic carbocycles. The maximum Gasteiger partial charge on any atom is 0.158 e. The number of halogens is 1. The lowest BCUT2D eigenvalue weighted by Crippen LogP contribution is -2.23. The standard InChI is InChI=1S/C20H19BrN2O2/c1-24-19-9-5-4-8-18(19)23-12-13-25-20(23)15-10-11-22(14-15)17-7-3-2-6-16(17)21/h2-11,14,20H,12-13H2,1H3/t20-/m0/s1. The van der Waals surface area contributed by atoms with Crippen molar-refractivity contribution in [2.75, 3.05) is 25.2 Å². The number of rotatable bonds is 4. The predicted octanol–water partition coefficient (Wildman–Crippen LogP) is 4.78. The number of methoxy groups -OCH3 is 1. The van der Waals surface area contributed by atoms with Gasteiger partial charge in [0.15, 0.2) is 6.23 Å². The minimum atomic E-state index is -0.111. The molecule has 1 saturated heterocycles. The van der Waals surface area contributed by atoms with E-state index in [0.717, 1.165) is 33.7 Å². The Morgan fingerprint density at radius 1 is 1.04 bits per heavy atom. The molecule has 3 aromatic rings. The van der Waals surface area contributed by atoms with Crippen molar-refractivity contribution in [2.24, 2.45) is 0 Å². The quantitative estimate of drug-likeness (QED) is 0.632. The van der Waals surface area contributed by atoms with Crippen LogP contribution in [0.3, 0.4) is 0 Å². The van der Waals surface area contributed by atoms with Crippen LogP contribution in [0.2, 0.25) is 0 Å². The summed E-state index contributed by atoms with van der Waals surface area (Å²) in [6.45, 7) is 1.54. The Bertz CT molecular complexity index is 877. The SMILES string of the molecule is COc1ccccc1N1CCO[C@H]1c1ccn(-c2ccccc2Br)c1. The summed E-state index contributed by atoms with van der Waals surface area (Å²) in [6.07, 6.45) is 4.08. The Balaban J connectivity index is 1.67. The first kappa shape index (κ1) is 16.2. The van der Waals surface area contributed by atoms with Gasteiger partial charge in [0, 0.05) is 29.0 Å². The first-order valence-corrected chi connectivity index (χ1v) is 9.01. The second-order valence-electron chi connectivity index (χ2n) is 5.89. The summed E-state index contributed by atoms with van der Waals surface area (Å²) in [6, 6.07) is 18.4. The molecule has 5 heteroatoms. The van der Waals surface area contributed by atoms with Gasteiger partial charge in [-0.05, 0) is 46.3 Å². The molecule has 2 heterocycles. The topological polar surface area (TPSA) is 26.6 Å². The molecule has 1 fully saturated rings. The van der Waals surface area contributed by atoms with Crippen molar-refractivity contribution in [2.45, 2.75) is 6.23 Å². The number of nitrogens with zero attached hydrogens (tertiary/aromatic N) is 2. The van der Waals surface area contributed by atoms with Crippen LogP contribution in [0.4, 0.5) is 5.69 Å². The van der Waals surface area contributed by atoms with E-state index in [9.17, 15) is 0 Å². The van der Waals surface area contributed by atoms with Crippen LogP contribution in [0, 0.1) is 0 Å². The highest BCUT2D eigenvalue weighted by atomic mass is 79.9. The van der Waals surface area contributed by atoms with Crippen LogP contribution >= 0.6 is 15.9 Å². The third kappa shape index (κ3) is 3.05. The third-order valence-corrected chi connectivity index (χ3v) is 5.09. The number of hydrogen-bond donors (Lipinski definition) is 0. The number of anilines is 1. The zero-order chi connectivity index (χ0) is 17.2. The summed E-state index contributed by atoms with van der Waals surface area (Å²) in [5.74, 6) is 0.864. The highest BCUT2D eigenvalue weighted by Crippen LogP contribution is 2.37. The molecule has 0 unspecified atom stereocenters. The zero-order valence-corrected chi connectivity index (χ0v) is 15.5. The Hall–Kier alpha value is -2.24. The van der Waals surface area contributed by atoms with Gasteiger partial charge in [-0.2, -0.15) is 0 Å². The lowest BCUT2D eigenvalue weighted by molar-refractivity contribution is 0.113. The lowest BCUT2D eigenvalue weighted by atomic mass is 10.2. The Morgan fingerprint density at radius 3 is 2.60 bits per heavy atom. The van der Waals surface area contributed by atoms with E-state index in [0.29, 0.717) is 6.61 Å². The van der Waals surface area contributed by atoms with Crippen LogP contribution in [-0.4, -0.2) is 24.8 Å². The van der Waals surface area contributed by atoms with E-state index in [4.69, 9.17) is 9.47 Å². The van der Waals surface area contributed by atoms with Crippen molar-refractivity contribution in [1.82, 2.24) is 4.57 Å². The molecule has 1 aliphatic rings. The zero-order valence-electron chi connectivity index (χ0n) is 13.9. The van der Waals surface area contributed by atoms with Gasteiger partial charge in [0.1, 0.15) is 5.75 Å². The van der Waals surface area contributed by atoms with Gasteiger partial charge in [0.25, 0.3) is 0 Å². The molecule has 0 N–H and O–H groups in total. The predicted molar refractivity (Wildman–Crippen MR) is 103 cm³/mol. The van der Waals surface area contributed by atoms with E-state index in [-0.39, 0.29) is 6.23 Å². The van der Waals surface area contributed by atoms with E-state index in [1.165, 1.54) is 0 Å². The maximum atomic E-state index is 6.03. The second kappa shape index (κ2) is 6.94. The van der Waals surface area contributed by atoms with Crippen molar-refractivity contribution in [1.29, 1.82) is 0 Å². The molecule has 1 aromatic heterocycles. The molecule has 0 amide bonds. The highest BCUT2D eigenvalue weighted by molar-refractivity contribution is 9.10. The van der Waals surface area contributed by atoms with Crippen molar-refractivity contribution in [3.05, 3.63) is 77.0 Å². The third-order valence-electron chi connectivity index (χ3n) is 4.42. The Morgan fingerprint density at radius 2 is 1.80 bits per heavy atom. The van der Waals surface area contributed by atoms with Gasteiger partial charge >= 0.3 is 0 Å². The molecule has 0 spiro atoms. The summed E-state index contributed by atoms with van der Waals surface area (Å²) in [4.78, 5) is 2.25. The molecule has 1 atom stereocenters. The normalized spacial score (nSPS) is 17.0. The molecular weight excluding hydrogens is 380 g/mol. The molecule has 128 valence electrons. The van der Waals surface area contributed by atoms with Gasteiger partial charge in [0.05, 0.1) is 25.1 Å². The van der Waals surface area contributed by atoms with Crippen LogP contribution in [0.1, 0.15) is 11.8 Å². The lowest BCUT2D eigenvalue weighted by Gasteiger charge is -2.26. The average molecular weight is 399 g/mol. The van der Waals surface area contributed by atoms with Gasteiger partial charge in [-0.3, -0.25) is 0 Å². The van der Waals surface area contributed by atoms with E-state index in [1.54, 1.807) is 7.11 Å². The monoisotopic (exact) mass is 398 g/mol. The number of para-hydroxylation sites is 3. The Kier molecular flexibility index (Phi) is 4.51. The minimum absolute atomic E-state index is 0.111. The highest BCUT2D eigenvalue weighted by Gasteiger charge is 2.29. The van der Waals surface area contributed by atoms with Crippen molar-refractivity contribution in [3.8, 4) is 11.4 Å². The van der Waals surface area contributed by atoms with Gasteiger partial charge in [-0.25, -0.2) is 0 Å². The van der Waals surface area contributed by atoms with E-state index in [2.05, 4.69) is 56.0 Å². The molecule has 25 heavy (non-hydrogen) atoms. The average Bonchev–Trinajstić information content (AvgIpc) is 3.31. The molecule has 0 saturated carbocycles. The fourth-order valence-electron chi connectivity index (χ4n) is 3.23. The van der Waals surface area contributed by atoms with Crippen molar-refractivity contribution in [3.63, 3.8) is 0 Å². The van der Waals surface area contributed by atoms with E-state index >= 15 is 0 Å². The number of benzene rings is 2. The van der Waals surface area contributed by atoms with Gasteiger partial charge < -0.3 is 18.9 Å². The van der Waals surface area contributed by atoms with E-state index < -0.39 is 0 Å². The number of aromatic nitrogens is 1. The molecule has 4 nitrogen and oxygen atoms in total. The Labute approximate surface area is 155 Å². The molecule has 0 bridgehead atoms. The number of ether oxygens (including phenoxy) is 2. The van der Waals surface area contributed by atoms with Gasteiger partial charge in [-0.15, -0.1) is 0 Å². The first-order chi connectivity index (χ1) is 12.3. The molecule has 4 rings (SSSR count). The largest absolute Gasteiger partial charge is 0.495 e. The first-order valence-electron chi connectivity index (χ1n) is 8.22. The fourth-order valence-corrected chi connectivity index (χ4v) is 3.72. The molecule has 0 aliphatic carbocycles. The summed E-state index contributed by atoms with van der Waals surface area (Å²) >= 11 is 3.61. The van der Waals surface area contributed by atoms with E-state index in [1.807, 2.05) is 36.4 Å². The smallest absolute Gasteiger partial charge is 0.158 e. The van der Waals surface area contributed by atoms with Crippen LogP contribution in [0.5, 0.6) is 5.75 Å². The van der Waals surface area contributed by atoms with Crippen LogP contribution in [-0.2, 0) is 4.74 Å². The number of hydrogen-bond acceptors (Lipinski definition) is 3. The van der Waals surface area contributed by atoms with Crippen LogP contribution in [0.25, 0.3) is 5.69 Å². The summed E-state index contributed by atoms with van der Waals surface area (Å²) in [5, 5.41) is 0. The molecular formula is C20H19BrN2O2. The molecule has 1 aliphatic heterocycles.